The van der Waals surface area contributed by atoms with Gasteiger partial charge in [0.25, 0.3) is 0 Å². The normalized spacial score (nSPS) is 10.8. The summed E-state index contributed by atoms with van der Waals surface area (Å²) in [4.78, 5) is 3.86. The highest BCUT2D eigenvalue weighted by Gasteiger charge is 2.16. The molecule has 0 N–H and O–H groups in total. The summed E-state index contributed by atoms with van der Waals surface area (Å²) < 4.78 is 1.90. The third kappa shape index (κ3) is 6.10. The summed E-state index contributed by atoms with van der Waals surface area (Å²) in [6, 6.07) is 23.4. The van der Waals surface area contributed by atoms with Crippen molar-refractivity contribution >= 4 is 17.6 Å². The van der Waals surface area contributed by atoms with E-state index in [4.69, 9.17) is 5.26 Å². The van der Waals surface area contributed by atoms with Crippen LogP contribution in [0, 0.1) is 17.2 Å². The van der Waals surface area contributed by atoms with Crippen molar-refractivity contribution in [3.63, 3.8) is 0 Å². The van der Waals surface area contributed by atoms with Crippen LogP contribution in [-0.4, -0.2) is 16.3 Å². The molecule has 0 aliphatic heterocycles. The van der Waals surface area contributed by atoms with Crippen LogP contribution in [0.5, 0.6) is 0 Å². The molecule has 0 amide bonds. The van der Waals surface area contributed by atoms with Gasteiger partial charge in [-0.2, -0.15) is 5.26 Å². The van der Waals surface area contributed by atoms with Crippen molar-refractivity contribution < 1.29 is 0 Å². The van der Waals surface area contributed by atoms with Gasteiger partial charge in [-0.3, -0.25) is 0 Å². The summed E-state index contributed by atoms with van der Waals surface area (Å²) in [5, 5.41) is 8.45. The quantitative estimate of drug-likeness (QED) is 0.508. The van der Waals surface area contributed by atoms with E-state index in [1.165, 1.54) is 10.9 Å². The number of nitriles is 1. The molecule has 26 heavy (non-hydrogen) atoms. The molecule has 1 atom stereocenters. The van der Waals surface area contributed by atoms with E-state index in [0.717, 1.165) is 12.9 Å². The predicted octanol–water partition coefficient (Wildman–Crippen LogP) is 3.52. The maximum Gasteiger partial charge on any atom is 0.213 e. The third-order valence-electron chi connectivity index (χ3n) is 4.07. The van der Waals surface area contributed by atoms with Crippen LogP contribution in [0.25, 0.3) is 0 Å². The molecule has 0 aliphatic rings. The maximum atomic E-state index is 8.45. The molecule has 0 spiro atoms. The van der Waals surface area contributed by atoms with E-state index in [-0.39, 0.29) is 5.92 Å². The van der Waals surface area contributed by atoms with E-state index in [1.807, 2.05) is 23.8 Å². The third-order valence-corrected chi connectivity index (χ3v) is 4.07. The molecule has 3 nitrogen and oxygen atoms in total. The van der Waals surface area contributed by atoms with Gasteiger partial charge in [0.2, 0.25) is 6.71 Å². The lowest BCUT2D eigenvalue weighted by Crippen LogP contribution is -2.41. The van der Waals surface area contributed by atoms with Crippen molar-refractivity contribution in [3.8, 4) is 6.07 Å². The number of aromatic nitrogens is 2. The van der Waals surface area contributed by atoms with Crippen LogP contribution >= 0.6 is 0 Å². The Morgan fingerprint density at radius 3 is 2.12 bits per heavy atom. The van der Waals surface area contributed by atoms with Crippen molar-refractivity contribution in [3.05, 3.63) is 92.0 Å². The van der Waals surface area contributed by atoms with E-state index in [9.17, 15) is 0 Å². The number of hydrogen-bond donors (Lipinski definition) is 0. The highest BCUT2D eigenvalue weighted by atomic mass is 15.0. The summed E-state index contributed by atoms with van der Waals surface area (Å²) in [7, 11) is 0. The first-order valence-electron chi connectivity index (χ1n) is 8.80. The van der Waals surface area contributed by atoms with Crippen molar-refractivity contribution in [1.29, 1.82) is 5.26 Å². The number of imidazole rings is 1. The fraction of sp³-hybridized carbons (Fsp3) is 0.182. The second-order valence-electron chi connectivity index (χ2n) is 6.19. The SMILES string of the molecule is C=CCB(c1ccccc1)c1ccccc1.CC(C#N)Cn1ccnc1. The molecule has 0 aliphatic carbocycles. The molecule has 3 rings (SSSR count). The molecule has 4 heteroatoms. The Balaban J connectivity index is 0.000000209. The highest BCUT2D eigenvalue weighted by molar-refractivity contribution is 6.85. The van der Waals surface area contributed by atoms with Gasteiger partial charge in [0.05, 0.1) is 18.3 Å². The molecular weight excluding hydrogens is 317 g/mol. The minimum absolute atomic E-state index is 0.0641. The minimum atomic E-state index is 0.0641. The Kier molecular flexibility index (Phi) is 7.96. The van der Waals surface area contributed by atoms with Gasteiger partial charge in [0.15, 0.2) is 0 Å². The van der Waals surface area contributed by atoms with Crippen LogP contribution in [0.15, 0.2) is 92.0 Å². The molecular formula is C22H24BN3. The molecule has 0 saturated heterocycles. The molecule has 130 valence electrons. The summed E-state index contributed by atoms with van der Waals surface area (Å²) in [6.07, 6.45) is 8.25. The van der Waals surface area contributed by atoms with Crippen molar-refractivity contribution in [2.45, 2.75) is 19.8 Å². The first-order chi connectivity index (χ1) is 12.7. The van der Waals surface area contributed by atoms with E-state index >= 15 is 0 Å². The van der Waals surface area contributed by atoms with Crippen LogP contribution < -0.4 is 10.9 Å². The summed E-state index contributed by atoms with van der Waals surface area (Å²) in [6.45, 7) is 6.90. The first kappa shape index (κ1) is 19.3. The molecule has 0 radical (unpaired) electrons. The zero-order valence-electron chi connectivity index (χ0n) is 15.2. The van der Waals surface area contributed by atoms with Gasteiger partial charge in [-0.1, -0.05) is 77.7 Å². The molecule has 1 heterocycles. The lowest BCUT2D eigenvalue weighted by atomic mass is 9.39. The molecule has 3 aromatic rings. The average Bonchev–Trinajstić information content (AvgIpc) is 3.21. The van der Waals surface area contributed by atoms with Crippen molar-refractivity contribution in [2.24, 2.45) is 5.92 Å². The largest absolute Gasteiger partial charge is 0.336 e. The lowest BCUT2D eigenvalue weighted by Gasteiger charge is -2.12. The Hall–Kier alpha value is -3.06. The number of hydrogen-bond acceptors (Lipinski definition) is 2. The summed E-state index contributed by atoms with van der Waals surface area (Å²) in [5.74, 6) is 0.0641. The smallest absolute Gasteiger partial charge is 0.213 e. The summed E-state index contributed by atoms with van der Waals surface area (Å²) >= 11 is 0. The van der Waals surface area contributed by atoms with Gasteiger partial charge in [-0.05, 0) is 13.2 Å². The molecule has 2 aromatic carbocycles. The highest BCUT2D eigenvalue weighted by Crippen LogP contribution is 1.98. The van der Waals surface area contributed by atoms with Crippen LogP contribution in [0.2, 0.25) is 6.32 Å². The Labute approximate surface area is 156 Å². The van der Waals surface area contributed by atoms with Gasteiger partial charge in [-0.15, -0.1) is 6.58 Å². The molecule has 1 aromatic heterocycles. The number of benzene rings is 2. The standard InChI is InChI=1S/C15H15B.C7H9N3/c1-2-13-16(14-9-5-3-6-10-14)15-11-7-4-8-12-15;1-7(4-8)5-10-3-2-9-6-10/h2-12H,1,13H2;2-3,6-7H,5H2,1H3. The predicted molar refractivity (Wildman–Crippen MR) is 110 cm³/mol. The second kappa shape index (κ2) is 10.7. The van der Waals surface area contributed by atoms with Crippen LogP contribution in [0.1, 0.15) is 6.92 Å². The minimum Gasteiger partial charge on any atom is -0.336 e. The monoisotopic (exact) mass is 341 g/mol. The molecule has 1 unspecified atom stereocenters. The second-order valence-corrected chi connectivity index (χ2v) is 6.19. The lowest BCUT2D eigenvalue weighted by molar-refractivity contribution is 0.580. The fourth-order valence-electron chi connectivity index (χ4n) is 2.75. The fourth-order valence-corrected chi connectivity index (χ4v) is 2.75. The Bertz CT molecular complexity index is 753. The van der Waals surface area contributed by atoms with E-state index in [2.05, 4.69) is 78.3 Å². The van der Waals surface area contributed by atoms with Crippen LogP contribution in [0.3, 0.4) is 0 Å². The van der Waals surface area contributed by atoms with Gasteiger partial charge in [0.1, 0.15) is 0 Å². The first-order valence-corrected chi connectivity index (χ1v) is 8.80. The van der Waals surface area contributed by atoms with E-state index in [1.54, 1.807) is 12.5 Å². The van der Waals surface area contributed by atoms with Crippen LogP contribution in [0.4, 0.5) is 0 Å². The Morgan fingerprint density at radius 2 is 1.69 bits per heavy atom. The number of nitrogens with zero attached hydrogens (tertiary/aromatic N) is 3. The van der Waals surface area contributed by atoms with Gasteiger partial charge in [-0.25, -0.2) is 4.98 Å². The maximum absolute atomic E-state index is 8.45. The van der Waals surface area contributed by atoms with E-state index in [0.29, 0.717) is 6.71 Å². The van der Waals surface area contributed by atoms with Gasteiger partial charge >= 0.3 is 0 Å². The average molecular weight is 341 g/mol. The molecule has 0 bridgehead atoms. The number of allylic oxidation sites excluding steroid dienone is 1. The zero-order chi connectivity index (χ0) is 18.6. The van der Waals surface area contributed by atoms with E-state index < -0.39 is 0 Å². The molecule has 0 saturated carbocycles. The zero-order valence-corrected chi connectivity index (χ0v) is 15.2. The summed E-state index contributed by atoms with van der Waals surface area (Å²) in [5.41, 5.74) is 2.71. The molecule has 0 fully saturated rings. The van der Waals surface area contributed by atoms with Gasteiger partial charge < -0.3 is 4.57 Å². The van der Waals surface area contributed by atoms with Crippen LogP contribution in [-0.2, 0) is 6.54 Å². The Morgan fingerprint density at radius 1 is 1.12 bits per heavy atom. The topological polar surface area (TPSA) is 41.6 Å². The number of rotatable bonds is 6. The van der Waals surface area contributed by atoms with Crippen molar-refractivity contribution in [2.75, 3.05) is 0 Å². The van der Waals surface area contributed by atoms with Gasteiger partial charge in [0, 0.05) is 18.9 Å². The van der Waals surface area contributed by atoms with Crippen molar-refractivity contribution in [1.82, 2.24) is 9.55 Å².